The monoisotopic (exact) mass is 348 g/mol. The first-order chi connectivity index (χ1) is 11.6. The number of nitrogens with one attached hydrogen (secondary N) is 2. The van der Waals surface area contributed by atoms with Crippen LogP contribution in [0.5, 0.6) is 0 Å². The Kier molecular flexibility index (Phi) is 5.30. The SMILES string of the molecule is Cc1nc2cc[nH]n2c(=O)c1CC(=O)NC(CCC(C)(C)C)C(=O)O. The molecule has 3 N–H and O–H groups in total. The van der Waals surface area contributed by atoms with Crippen LogP contribution in [0.3, 0.4) is 0 Å². The molecule has 25 heavy (non-hydrogen) atoms. The number of rotatable bonds is 6. The van der Waals surface area contributed by atoms with Crippen molar-refractivity contribution in [2.75, 3.05) is 0 Å². The van der Waals surface area contributed by atoms with Gasteiger partial charge in [0.1, 0.15) is 6.04 Å². The highest BCUT2D eigenvalue weighted by atomic mass is 16.4. The highest BCUT2D eigenvalue weighted by molar-refractivity contribution is 5.84. The molecule has 1 unspecified atom stereocenters. The first kappa shape index (κ1) is 18.7. The Bertz CT molecular complexity index is 844. The van der Waals surface area contributed by atoms with Crippen molar-refractivity contribution < 1.29 is 14.7 Å². The predicted molar refractivity (Wildman–Crippen MR) is 92.5 cm³/mol. The van der Waals surface area contributed by atoms with Gasteiger partial charge in [0.25, 0.3) is 5.56 Å². The molecule has 0 aliphatic heterocycles. The Morgan fingerprint density at radius 2 is 2.08 bits per heavy atom. The molecule has 2 heterocycles. The summed E-state index contributed by atoms with van der Waals surface area (Å²) in [5.41, 5.74) is 0.791. The lowest BCUT2D eigenvalue weighted by molar-refractivity contribution is -0.142. The number of nitrogens with zero attached hydrogens (tertiary/aromatic N) is 2. The van der Waals surface area contributed by atoms with Crippen molar-refractivity contribution in [2.45, 2.75) is 53.0 Å². The summed E-state index contributed by atoms with van der Waals surface area (Å²) in [5, 5.41) is 14.6. The zero-order chi connectivity index (χ0) is 18.8. The number of carbonyl (C=O) groups is 2. The summed E-state index contributed by atoms with van der Waals surface area (Å²) in [7, 11) is 0. The van der Waals surface area contributed by atoms with Gasteiger partial charge in [-0.15, -0.1) is 0 Å². The van der Waals surface area contributed by atoms with Crippen LogP contribution in [0.1, 0.15) is 44.9 Å². The van der Waals surface area contributed by atoms with Crippen LogP contribution in [0, 0.1) is 12.3 Å². The number of aryl methyl sites for hydroxylation is 1. The minimum absolute atomic E-state index is 0.0313. The number of amides is 1. The smallest absolute Gasteiger partial charge is 0.326 e. The largest absolute Gasteiger partial charge is 0.480 e. The third-order valence-electron chi connectivity index (χ3n) is 4.00. The first-order valence-corrected chi connectivity index (χ1v) is 8.16. The second kappa shape index (κ2) is 7.08. The zero-order valence-electron chi connectivity index (χ0n) is 14.9. The van der Waals surface area contributed by atoms with Gasteiger partial charge in [0.2, 0.25) is 5.91 Å². The lowest BCUT2D eigenvalue weighted by atomic mass is 9.88. The van der Waals surface area contributed by atoms with Gasteiger partial charge in [0, 0.05) is 23.5 Å². The lowest BCUT2D eigenvalue weighted by Crippen LogP contribution is -2.42. The molecule has 2 aromatic rings. The summed E-state index contributed by atoms with van der Waals surface area (Å²) in [5.74, 6) is -1.58. The van der Waals surface area contributed by atoms with Gasteiger partial charge < -0.3 is 10.4 Å². The van der Waals surface area contributed by atoms with E-state index < -0.39 is 17.9 Å². The highest BCUT2D eigenvalue weighted by Crippen LogP contribution is 2.21. The summed E-state index contributed by atoms with van der Waals surface area (Å²) < 4.78 is 1.25. The number of carbonyl (C=O) groups excluding carboxylic acids is 1. The van der Waals surface area contributed by atoms with Gasteiger partial charge in [-0.25, -0.2) is 14.3 Å². The average Bonchev–Trinajstić information content (AvgIpc) is 2.94. The molecular formula is C17H24N4O4. The van der Waals surface area contributed by atoms with Crippen molar-refractivity contribution in [2.24, 2.45) is 5.41 Å². The maximum Gasteiger partial charge on any atom is 0.326 e. The molecule has 0 aromatic carbocycles. The van der Waals surface area contributed by atoms with Crippen molar-refractivity contribution in [3.8, 4) is 0 Å². The topological polar surface area (TPSA) is 117 Å². The van der Waals surface area contributed by atoms with E-state index in [0.717, 1.165) is 0 Å². The summed E-state index contributed by atoms with van der Waals surface area (Å²) in [4.78, 5) is 40.3. The molecule has 0 fully saturated rings. The van der Waals surface area contributed by atoms with E-state index in [2.05, 4.69) is 15.4 Å². The number of hydrogen-bond acceptors (Lipinski definition) is 4. The van der Waals surface area contributed by atoms with Crippen molar-refractivity contribution in [3.63, 3.8) is 0 Å². The molecule has 0 aliphatic rings. The van der Waals surface area contributed by atoms with E-state index in [-0.39, 0.29) is 23.0 Å². The molecule has 0 radical (unpaired) electrons. The molecule has 8 nitrogen and oxygen atoms in total. The molecule has 2 aromatic heterocycles. The van der Waals surface area contributed by atoms with Gasteiger partial charge in [0.05, 0.1) is 6.42 Å². The fourth-order valence-electron chi connectivity index (χ4n) is 2.55. The quantitative estimate of drug-likeness (QED) is 0.727. The number of carboxylic acids is 1. The van der Waals surface area contributed by atoms with Gasteiger partial charge >= 0.3 is 5.97 Å². The molecule has 1 amide bonds. The van der Waals surface area contributed by atoms with E-state index in [1.807, 2.05) is 20.8 Å². The van der Waals surface area contributed by atoms with Crippen LogP contribution in [0.4, 0.5) is 0 Å². The van der Waals surface area contributed by atoms with Gasteiger partial charge in [-0.2, -0.15) is 0 Å². The Morgan fingerprint density at radius 3 is 2.68 bits per heavy atom. The fraction of sp³-hybridized carbons (Fsp3) is 0.529. The first-order valence-electron chi connectivity index (χ1n) is 8.16. The van der Waals surface area contributed by atoms with E-state index in [1.54, 1.807) is 19.2 Å². The number of aliphatic carboxylic acids is 1. The summed E-state index contributed by atoms with van der Waals surface area (Å²) in [6.45, 7) is 7.69. The van der Waals surface area contributed by atoms with E-state index in [4.69, 9.17) is 0 Å². The maximum absolute atomic E-state index is 12.4. The van der Waals surface area contributed by atoms with Crippen LogP contribution in [0.25, 0.3) is 5.65 Å². The van der Waals surface area contributed by atoms with Crippen LogP contribution in [0.2, 0.25) is 0 Å². The van der Waals surface area contributed by atoms with Gasteiger partial charge in [0.15, 0.2) is 5.65 Å². The number of carboxylic acid groups (broad SMARTS) is 1. The van der Waals surface area contributed by atoms with Crippen molar-refractivity contribution in [1.82, 2.24) is 19.9 Å². The average molecular weight is 348 g/mol. The predicted octanol–water partition coefficient (Wildman–Crippen LogP) is 1.27. The standard InChI is InChI=1S/C17H24N4O4/c1-10-11(15(23)21-13(19-10)6-8-18-21)9-14(22)20-12(16(24)25)5-7-17(2,3)4/h6,8,12,18H,5,7,9H2,1-4H3,(H,20,22)(H,24,25). The molecule has 0 bridgehead atoms. The van der Waals surface area contributed by atoms with Crippen LogP contribution < -0.4 is 10.9 Å². The van der Waals surface area contributed by atoms with Crippen LogP contribution in [0.15, 0.2) is 17.1 Å². The minimum atomic E-state index is -1.08. The van der Waals surface area contributed by atoms with Crippen molar-refractivity contribution >= 4 is 17.5 Å². The minimum Gasteiger partial charge on any atom is -0.480 e. The van der Waals surface area contributed by atoms with E-state index in [1.165, 1.54) is 4.52 Å². The third-order valence-corrected chi connectivity index (χ3v) is 4.00. The van der Waals surface area contributed by atoms with Crippen LogP contribution in [-0.4, -0.2) is 37.6 Å². The van der Waals surface area contributed by atoms with Crippen LogP contribution in [-0.2, 0) is 16.0 Å². The summed E-state index contributed by atoms with van der Waals surface area (Å²) in [6.07, 6.45) is 2.36. The molecule has 2 rings (SSSR count). The summed E-state index contributed by atoms with van der Waals surface area (Å²) in [6, 6.07) is 0.683. The fourth-order valence-corrected chi connectivity index (χ4v) is 2.55. The molecule has 0 spiro atoms. The molecule has 1 atom stereocenters. The molecule has 0 aliphatic carbocycles. The van der Waals surface area contributed by atoms with E-state index in [9.17, 15) is 19.5 Å². The zero-order valence-corrected chi connectivity index (χ0v) is 14.9. The van der Waals surface area contributed by atoms with Gasteiger partial charge in [-0.05, 0) is 25.2 Å². The van der Waals surface area contributed by atoms with E-state index >= 15 is 0 Å². The number of hydrogen-bond donors (Lipinski definition) is 3. The van der Waals surface area contributed by atoms with Gasteiger partial charge in [-0.1, -0.05) is 20.8 Å². The maximum atomic E-state index is 12.4. The second-order valence-electron chi connectivity index (χ2n) is 7.37. The second-order valence-corrected chi connectivity index (χ2v) is 7.37. The molecule has 0 saturated heterocycles. The number of aromatic nitrogens is 3. The van der Waals surface area contributed by atoms with E-state index in [0.29, 0.717) is 24.2 Å². The Labute approximate surface area is 145 Å². The Morgan fingerprint density at radius 1 is 1.40 bits per heavy atom. The number of H-pyrrole nitrogens is 1. The number of aromatic amines is 1. The molecule has 8 heteroatoms. The highest BCUT2D eigenvalue weighted by Gasteiger charge is 2.24. The molecule has 136 valence electrons. The van der Waals surface area contributed by atoms with Crippen LogP contribution >= 0.6 is 0 Å². The normalized spacial score (nSPS) is 13.0. The van der Waals surface area contributed by atoms with Gasteiger partial charge in [-0.3, -0.25) is 14.7 Å². The lowest BCUT2D eigenvalue weighted by Gasteiger charge is -2.21. The molecule has 0 saturated carbocycles. The third kappa shape index (κ3) is 4.68. The number of fused-ring (bicyclic) bond motifs is 1. The van der Waals surface area contributed by atoms with Crippen molar-refractivity contribution in [3.05, 3.63) is 33.9 Å². The van der Waals surface area contributed by atoms with Crippen molar-refractivity contribution in [1.29, 1.82) is 0 Å². The summed E-state index contributed by atoms with van der Waals surface area (Å²) >= 11 is 0. The molecular weight excluding hydrogens is 324 g/mol. The Balaban J connectivity index is 2.13. The Hall–Kier alpha value is -2.64.